The summed E-state index contributed by atoms with van der Waals surface area (Å²) in [6.45, 7) is 1.15. The van der Waals surface area contributed by atoms with Gasteiger partial charge in [-0.1, -0.05) is 40.2 Å². The lowest BCUT2D eigenvalue weighted by atomic mass is 10.0. The Morgan fingerprint density at radius 3 is 2.62 bits per heavy atom. The molecule has 130 valence electrons. The molecule has 0 bridgehead atoms. The summed E-state index contributed by atoms with van der Waals surface area (Å²) >= 11 is 3.54. The molecule has 0 aliphatic carbocycles. The number of likely N-dealkylation sites (tertiary alicyclic amines) is 1. The molecule has 0 saturated carbocycles. The van der Waals surface area contributed by atoms with E-state index in [2.05, 4.69) is 87.5 Å². The summed E-state index contributed by atoms with van der Waals surface area (Å²) in [6, 6.07) is 20.0. The third kappa shape index (κ3) is 2.74. The van der Waals surface area contributed by atoms with Gasteiger partial charge < -0.3 is 4.98 Å². The van der Waals surface area contributed by atoms with E-state index < -0.39 is 0 Å². The van der Waals surface area contributed by atoms with Crippen LogP contribution in [-0.4, -0.2) is 28.5 Å². The smallest absolute Gasteiger partial charge is 0.124 e. The van der Waals surface area contributed by atoms with Crippen LogP contribution in [0.2, 0.25) is 0 Å². The van der Waals surface area contributed by atoms with E-state index in [4.69, 9.17) is 4.98 Å². The summed E-state index contributed by atoms with van der Waals surface area (Å²) in [6.07, 6.45) is 2.43. The molecule has 1 N–H and O–H groups in total. The normalized spacial score (nSPS) is 18.2. The standard InChI is InChI=1S/C22H20BrN3/c1-26-10-2-3-21(26)22-24-19-9-7-17(13-20(19)25-22)14-4-5-16-12-18(23)8-6-15(16)11-14/h4-9,11-13,21H,2-3,10H2,1H3,(H,24,25)/t21-/m0/s1. The molecule has 4 heteroatoms. The monoisotopic (exact) mass is 405 g/mol. The van der Waals surface area contributed by atoms with Crippen molar-refractivity contribution < 1.29 is 0 Å². The van der Waals surface area contributed by atoms with Gasteiger partial charge in [0.05, 0.1) is 17.1 Å². The van der Waals surface area contributed by atoms with Crippen LogP contribution in [0.3, 0.4) is 0 Å². The minimum atomic E-state index is 0.421. The lowest BCUT2D eigenvalue weighted by Gasteiger charge is -2.16. The Morgan fingerprint density at radius 2 is 1.77 bits per heavy atom. The summed E-state index contributed by atoms with van der Waals surface area (Å²) in [5, 5.41) is 2.50. The third-order valence-corrected chi connectivity index (χ3v) is 5.97. The number of imidazole rings is 1. The summed E-state index contributed by atoms with van der Waals surface area (Å²) in [5.41, 5.74) is 4.62. The molecule has 1 aliphatic heterocycles. The fourth-order valence-electron chi connectivity index (χ4n) is 4.02. The lowest BCUT2D eigenvalue weighted by molar-refractivity contribution is 0.307. The highest BCUT2D eigenvalue weighted by atomic mass is 79.9. The summed E-state index contributed by atoms with van der Waals surface area (Å²) in [7, 11) is 2.18. The van der Waals surface area contributed by atoms with Gasteiger partial charge in [-0.25, -0.2) is 4.98 Å². The van der Waals surface area contributed by atoms with Gasteiger partial charge in [0.1, 0.15) is 5.82 Å². The van der Waals surface area contributed by atoms with E-state index in [1.807, 2.05) is 0 Å². The molecular weight excluding hydrogens is 386 g/mol. The second kappa shape index (κ2) is 6.22. The molecule has 26 heavy (non-hydrogen) atoms. The number of halogens is 1. The first-order valence-corrected chi connectivity index (χ1v) is 9.86. The van der Waals surface area contributed by atoms with Gasteiger partial charge in [0, 0.05) is 4.47 Å². The minimum absolute atomic E-state index is 0.421. The highest BCUT2D eigenvalue weighted by molar-refractivity contribution is 9.10. The van der Waals surface area contributed by atoms with Crippen LogP contribution in [-0.2, 0) is 0 Å². The van der Waals surface area contributed by atoms with Crippen molar-refractivity contribution in [3.8, 4) is 11.1 Å². The molecule has 1 atom stereocenters. The minimum Gasteiger partial charge on any atom is -0.341 e. The van der Waals surface area contributed by atoms with Crippen molar-refractivity contribution in [2.45, 2.75) is 18.9 Å². The Bertz CT molecular complexity index is 1110. The zero-order valence-electron chi connectivity index (χ0n) is 14.7. The van der Waals surface area contributed by atoms with Gasteiger partial charge >= 0.3 is 0 Å². The zero-order chi connectivity index (χ0) is 17.7. The number of fused-ring (bicyclic) bond motifs is 2. The number of aromatic amines is 1. The average molecular weight is 406 g/mol. The molecule has 3 aromatic carbocycles. The summed E-state index contributed by atoms with van der Waals surface area (Å²) in [4.78, 5) is 10.8. The van der Waals surface area contributed by atoms with Crippen LogP contribution in [0, 0.1) is 0 Å². The molecule has 0 unspecified atom stereocenters. The van der Waals surface area contributed by atoms with E-state index in [0.717, 1.165) is 27.9 Å². The number of hydrogen-bond acceptors (Lipinski definition) is 2. The van der Waals surface area contributed by atoms with E-state index in [9.17, 15) is 0 Å². The molecule has 0 radical (unpaired) electrons. The van der Waals surface area contributed by atoms with E-state index in [-0.39, 0.29) is 0 Å². The maximum atomic E-state index is 4.84. The van der Waals surface area contributed by atoms with Crippen LogP contribution < -0.4 is 0 Å². The fraction of sp³-hybridized carbons (Fsp3) is 0.227. The van der Waals surface area contributed by atoms with Gasteiger partial charge in [0.25, 0.3) is 0 Å². The van der Waals surface area contributed by atoms with Crippen LogP contribution in [0.15, 0.2) is 59.1 Å². The van der Waals surface area contributed by atoms with Crippen LogP contribution in [0.1, 0.15) is 24.7 Å². The molecule has 0 spiro atoms. The fourth-order valence-corrected chi connectivity index (χ4v) is 4.40. The van der Waals surface area contributed by atoms with Crippen LogP contribution in [0.5, 0.6) is 0 Å². The van der Waals surface area contributed by atoms with Crippen molar-refractivity contribution in [1.29, 1.82) is 0 Å². The number of hydrogen-bond donors (Lipinski definition) is 1. The van der Waals surface area contributed by atoms with Crippen molar-refractivity contribution >= 4 is 37.7 Å². The Hall–Kier alpha value is -2.17. The molecule has 0 amide bonds. The molecule has 1 aliphatic rings. The number of rotatable bonds is 2. The highest BCUT2D eigenvalue weighted by Gasteiger charge is 2.25. The van der Waals surface area contributed by atoms with E-state index >= 15 is 0 Å². The molecule has 1 aromatic heterocycles. The predicted octanol–water partition coefficient (Wildman–Crippen LogP) is 5.91. The summed E-state index contributed by atoms with van der Waals surface area (Å²) in [5.74, 6) is 1.10. The van der Waals surface area contributed by atoms with Gasteiger partial charge in [0.2, 0.25) is 0 Å². The number of aromatic nitrogens is 2. The van der Waals surface area contributed by atoms with E-state index in [0.29, 0.717) is 6.04 Å². The quantitative estimate of drug-likeness (QED) is 0.449. The highest BCUT2D eigenvalue weighted by Crippen LogP contribution is 2.32. The maximum absolute atomic E-state index is 4.84. The molecule has 4 aromatic rings. The largest absolute Gasteiger partial charge is 0.341 e. The van der Waals surface area contributed by atoms with E-state index in [1.54, 1.807) is 0 Å². The Kier molecular flexibility index (Phi) is 3.84. The van der Waals surface area contributed by atoms with Crippen LogP contribution >= 0.6 is 15.9 Å². The Morgan fingerprint density at radius 1 is 1.00 bits per heavy atom. The third-order valence-electron chi connectivity index (χ3n) is 5.47. The average Bonchev–Trinajstić information content (AvgIpc) is 3.26. The van der Waals surface area contributed by atoms with E-state index in [1.165, 1.54) is 34.7 Å². The zero-order valence-corrected chi connectivity index (χ0v) is 16.3. The van der Waals surface area contributed by atoms with Gasteiger partial charge in [-0.15, -0.1) is 0 Å². The predicted molar refractivity (Wildman–Crippen MR) is 111 cm³/mol. The van der Waals surface area contributed by atoms with Gasteiger partial charge in [0.15, 0.2) is 0 Å². The van der Waals surface area contributed by atoms with Gasteiger partial charge in [-0.2, -0.15) is 0 Å². The lowest BCUT2D eigenvalue weighted by Crippen LogP contribution is -2.18. The van der Waals surface area contributed by atoms with Crippen molar-refractivity contribution in [1.82, 2.24) is 14.9 Å². The SMILES string of the molecule is CN1CCC[C@H]1c1nc2ccc(-c3ccc4cc(Br)ccc4c3)cc2[nH]1. The maximum Gasteiger partial charge on any atom is 0.124 e. The number of H-pyrrole nitrogens is 1. The molecule has 1 fully saturated rings. The van der Waals surface area contributed by atoms with Gasteiger partial charge in [-0.3, -0.25) is 4.90 Å². The molecule has 3 nitrogen and oxygen atoms in total. The summed E-state index contributed by atoms with van der Waals surface area (Å²) < 4.78 is 1.11. The molecule has 2 heterocycles. The van der Waals surface area contributed by atoms with Crippen molar-refractivity contribution in [2.24, 2.45) is 0 Å². The molecule has 5 rings (SSSR count). The van der Waals surface area contributed by atoms with Crippen molar-refractivity contribution in [2.75, 3.05) is 13.6 Å². The van der Waals surface area contributed by atoms with Gasteiger partial charge in [-0.05, 0) is 78.7 Å². The first-order chi connectivity index (χ1) is 12.7. The number of benzene rings is 3. The Balaban J connectivity index is 1.55. The topological polar surface area (TPSA) is 31.9 Å². The second-order valence-corrected chi connectivity index (χ2v) is 8.11. The second-order valence-electron chi connectivity index (χ2n) is 7.20. The number of nitrogens with zero attached hydrogens (tertiary/aromatic N) is 2. The Labute approximate surface area is 161 Å². The van der Waals surface area contributed by atoms with Crippen LogP contribution in [0.4, 0.5) is 0 Å². The number of nitrogens with one attached hydrogen (secondary N) is 1. The van der Waals surface area contributed by atoms with Crippen molar-refractivity contribution in [3.63, 3.8) is 0 Å². The van der Waals surface area contributed by atoms with Crippen molar-refractivity contribution in [3.05, 3.63) is 64.9 Å². The molecule has 1 saturated heterocycles. The first-order valence-electron chi connectivity index (χ1n) is 9.07. The van der Waals surface area contributed by atoms with Crippen LogP contribution in [0.25, 0.3) is 32.9 Å². The molecular formula is C22H20BrN3. The first kappa shape index (κ1) is 16.0.